The topological polar surface area (TPSA) is 50.4 Å². The summed E-state index contributed by atoms with van der Waals surface area (Å²) in [4.78, 5) is 12.9. The lowest BCUT2D eigenvalue weighted by Crippen LogP contribution is -2.21. The number of carbonyl (C=O) groups excluding carboxylic acids is 1. The van der Waals surface area contributed by atoms with Crippen LogP contribution in [0.15, 0.2) is 21.1 Å². The third kappa shape index (κ3) is 4.14. The maximum absolute atomic E-state index is 14.1. The van der Waals surface area contributed by atoms with Gasteiger partial charge >= 0.3 is 5.97 Å². The summed E-state index contributed by atoms with van der Waals surface area (Å²) in [5.74, 6) is -0.912. The van der Waals surface area contributed by atoms with Crippen molar-refractivity contribution in [3.05, 3.63) is 42.9 Å². The number of carbonyl (C=O) groups is 1. The van der Waals surface area contributed by atoms with Crippen molar-refractivity contribution < 1.29 is 13.9 Å². The molecule has 0 atom stereocenters. The molecule has 0 saturated carbocycles. The fraction of sp³-hybridized carbons (Fsp3) is 0.200. The fourth-order valence-electron chi connectivity index (χ4n) is 1.97. The number of halogens is 3. The van der Waals surface area contributed by atoms with Crippen molar-refractivity contribution in [2.75, 3.05) is 17.7 Å². The van der Waals surface area contributed by atoms with Crippen molar-refractivity contribution in [2.24, 2.45) is 0 Å². The number of thiocarbonyl (C=S) groups is 1. The Morgan fingerprint density at radius 3 is 2.54 bits per heavy atom. The van der Waals surface area contributed by atoms with Gasteiger partial charge in [0.1, 0.15) is 10.8 Å². The van der Waals surface area contributed by atoms with E-state index in [-0.39, 0.29) is 10.8 Å². The summed E-state index contributed by atoms with van der Waals surface area (Å²) in [5.41, 5.74) is 1.47. The Hall–Kier alpha value is -1.03. The Kier molecular flexibility index (Phi) is 6.35. The molecule has 0 unspecified atom stereocenters. The second-order valence-corrected chi connectivity index (χ2v) is 8.21. The van der Waals surface area contributed by atoms with Gasteiger partial charge in [0.15, 0.2) is 5.11 Å². The Labute approximate surface area is 165 Å². The van der Waals surface area contributed by atoms with E-state index < -0.39 is 11.8 Å². The van der Waals surface area contributed by atoms with E-state index in [2.05, 4.69) is 42.5 Å². The molecule has 0 fully saturated rings. The van der Waals surface area contributed by atoms with E-state index in [4.69, 9.17) is 17.0 Å². The molecule has 0 spiro atoms. The van der Waals surface area contributed by atoms with Crippen molar-refractivity contribution in [3.63, 3.8) is 0 Å². The van der Waals surface area contributed by atoms with Gasteiger partial charge < -0.3 is 15.4 Å². The number of esters is 1. The lowest BCUT2D eigenvalue weighted by atomic mass is 10.1. The van der Waals surface area contributed by atoms with Crippen LogP contribution in [0, 0.1) is 19.7 Å². The van der Waals surface area contributed by atoms with E-state index in [9.17, 15) is 9.18 Å². The van der Waals surface area contributed by atoms with Crippen LogP contribution >= 0.6 is 55.4 Å². The first-order chi connectivity index (χ1) is 11.2. The molecule has 1 aromatic heterocycles. The average molecular weight is 496 g/mol. The summed E-state index contributed by atoms with van der Waals surface area (Å²) in [7, 11) is 1.32. The molecule has 2 N–H and O–H groups in total. The van der Waals surface area contributed by atoms with Crippen LogP contribution in [0.4, 0.5) is 15.1 Å². The SMILES string of the molecule is COC(=O)c1c(NC(=S)Nc2c(F)cc(Br)cc2Br)sc(C)c1C. The number of aryl methyl sites for hydroxylation is 1. The number of methoxy groups -OCH3 is 1. The summed E-state index contributed by atoms with van der Waals surface area (Å²) in [6.07, 6.45) is 0. The number of anilines is 2. The molecule has 4 nitrogen and oxygen atoms in total. The van der Waals surface area contributed by atoms with E-state index in [0.29, 0.717) is 19.5 Å². The third-order valence-corrected chi connectivity index (χ3v) is 5.66. The summed E-state index contributed by atoms with van der Waals surface area (Å²) in [5, 5.41) is 6.47. The standard InChI is InChI=1S/C15H13Br2FN2O2S2/c1-6-7(2)24-13(11(6)14(21)22-3)20-15(23)19-12-9(17)4-8(16)5-10(12)18/h4-5H,1-3H3,(H2,19,20,23). The molecule has 0 aliphatic heterocycles. The van der Waals surface area contributed by atoms with Gasteiger partial charge in [0.25, 0.3) is 0 Å². The van der Waals surface area contributed by atoms with Gasteiger partial charge in [0.05, 0.1) is 18.4 Å². The molecule has 0 aliphatic carbocycles. The highest BCUT2D eigenvalue weighted by Gasteiger charge is 2.21. The van der Waals surface area contributed by atoms with E-state index in [1.807, 2.05) is 13.8 Å². The van der Waals surface area contributed by atoms with Crippen LogP contribution < -0.4 is 10.6 Å². The molecule has 0 aliphatic rings. The zero-order valence-electron chi connectivity index (χ0n) is 12.9. The number of thiophene rings is 1. The smallest absolute Gasteiger partial charge is 0.341 e. The molecule has 128 valence electrons. The third-order valence-electron chi connectivity index (χ3n) is 3.25. The van der Waals surface area contributed by atoms with Gasteiger partial charge in [-0.25, -0.2) is 9.18 Å². The number of benzene rings is 1. The maximum Gasteiger partial charge on any atom is 0.341 e. The largest absolute Gasteiger partial charge is 0.465 e. The summed E-state index contributed by atoms with van der Waals surface area (Å²) < 4.78 is 20.0. The minimum Gasteiger partial charge on any atom is -0.465 e. The van der Waals surface area contributed by atoms with Crippen molar-refractivity contribution in [3.8, 4) is 0 Å². The molecule has 9 heteroatoms. The van der Waals surface area contributed by atoms with E-state index >= 15 is 0 Å². The molecule has 1 heterocycles. The van der Waals surface area contributed by atoms with E-state index in [1.165, 1.54) is 24.5 Å². The Morgan fingerprint density at radius 1 is 1.29 bits per heavy atom. The van der Waals surface area contributed by atoms with Crippen LogP contribution in [0.3, 0.4) is 0 Å². The summed E-state index contributed by atoms with van der Waals surface area (Å²) in [6.45, 7) is 3.74. The van der Waals surface area contributed by atoms with Crippen LogP contribution in [0.25, 0.3) is 0 Å². The van der Waals surface area contributed by atoms with Crippen LogP contribution in [-0.4, -0.2) is 18.2 Å². The predicted octanol–water partition coefficient (Wildman–Crippen LogP) is 5.62. The molecule has 1 aromatic carbocycles. The first-order valence-corrected chi connectivity index (χ1v) is 9.46. The molecule has 0 saturated heterocycles. The molecule has 0 amide bonds. The molecule has 24 heavy (non-hydrogen) atoms. The first-order valence-electron chi connectivity index (χ1n) is 6.65. The highest BCUT2D eigenvalue weighted by atomic mass is 79.9. The molecule has 0 bridgehead atoms. The highest BCUT2D eigenvalue weighted by Crippen LogP contribution is 2.34. The maximum atomic E-state index is 14.1. The quantitative estimate of drug-likeness (QED) is 0.427. The summed E-state index contributed by atoms with van der Waals surface area (Å²) in [6, 6.07) is 3.03. The van der Waals surface area contributed by atoms with Gasteiger partial charge in [0.2, 0.25) is 0 Å². The molecule has 0 radical (unpaired) electrons. The second kappa shape index (κ2) is 7.90. The Bertz CT molecular complexity index is 801. The number of ether oxygens (including phenoxy) is 1. The monoisotopic (exact) mass is 494 g/mol. The first kappa shape index (κ1) is 19.3. The van der Waals surface area contributed by atoms with Crippen molar-refractivity contribution in [2.45, 2.75) is 13.8 Å². The zero-order chi connectivity index (χ0) is 18.0. The lowest BCUT2D eigenvalue weighted by Gasteiger charge is -2.13. The van der Waals surface area contributed by atoms with Crippen LogP contribution in [0.2, 0.25) is 0 Å². The minimum absolute atomic E-state index is 0.170. The van der Waals surface area contributed by atoms with Gasteiger partial charge in [0, 0.05) is 13.8 Å². The van der Waals surface area contributed by atoms with Crippen LogP contribution in [0.1, 0.15) is 20.8 Å². The average Bonchev–Trinajstić information content (AvgIpc) is 2.76. The van der Waals surface area contributed by atoms with Gasteiger partial charge in [-0.1, -0.05) is 15.9 Å². The van der Waals surface area contributed by atoms with Crippen molar-refractivity contribution in [1.29, 1.82) is 0 Å². The Morgan fingerprint density at radius 2 is 1.96 bits per heavy atom. The normalized spacial score (nSPS) is 10.4. The van der Waals surface area contributed by atoms with Gasteiger partial charge in [-0.05, 0) is 59.7 Å². The molecular weight excluding hydrogens is 483 g/mol. The van der Waals surface area contributed by atoms with Crippen LogP contribution in [0.5, 0.6) is 0 Å². The highest BCUT2D eigenvalue weighted by molar-refractivity contribution is 9.11. The van der Waals surface area contributed by atoms with E-state index in [1.54, 1.807) is 6.07 Å². The second-order valence-electron chi connectivity index (χ2n) is 4.80. The predicted molar refractivity (Wildman–Crippen MR) is 107 cm³/mol. The zero-order valence-corrected chi connectivity index (χ0v) is 17.7. The number of nitrogens with one attached hydrogen (secondary N) is 2. The van der Waals surface area contributed by atoms with Gasteiger partial charge in [-0.15, -0.1) is 11.3 Å². The number of hydrogen-bond acceptors (Lipinski definition) is 4. The molecule has 2 rings (SSSR count). The van der Waals surface area contributed by atoms with Crippen molar-refractivity contribution >= 4 is 77.2 Å². The molecule has 2 aromatic rings. The van der Waals surface area contributed by atoms with Gasteiger partial charge in [-0.2, -0.15) is 0 Å². The number of rotatable bonds is 3. The minimum atomic E-state index is -0.466. The summed E-state index contributed by atoms with van der Waals surface area (Å²) >= 11 is 13.1. The fourth-order valence-corrected chi connectivity index (χ4v) is 4.57. The molecular formula is C15H13Br2FN2O2S2. The number of hydrogen-bond donors (Lipinski definition) is 2. The van der Waals surface area contributed by atoms with Crippen molar-refractivity contribution in [1.82, 2.24) is 0 Å². The van der Waals surface area contributed by atoms with Crippen LogP contribution in [-0.2, 0) is 4.74 Å². The lowest BCUT2D eigenvalue weighted by molar-refractivity contribution is 0.0601. The van der Waals surface area contributed by atoms with Gasteiger partial charge in [-0.3, -0.25) is 0 Å². The Balaban J connectivity index is 2.26. The van der Waals surface area contributed by atoms with E-state index in [0.717, 1.165) is 10.4 Å².